The monoisotopic (exact) mass is 312 g/mol. The van der Waals surface area contributed by atoms with Gasteiger partial charge in [0.15, 0.2) is 17.2 Å². The minimum absolute atomic E-state index is 0.265. The second kappa shape index (κ2) is 5.75. The van der Waals surface area contributed by atoms with Crippen molar-refractivity contribution in [3.05, 3.63) is 36.0 Å². The van der Waals surface area contributed by atoms with E-state index in [1.165, 1.54) is 0 Å². The quantitative estimate of drug-likeness (QED) is 0.899. The van der Waals surface area contributed by atoms with Crippen LogP contribution in [-0.2, 0) is 0 Å². The van der Waals surface area contributed by atoms with Crippen LogP contribution >= 0.6 is 0 Å². The number of ether oxygens (including phenoxy) is 2. The molecule has 0 bridgehead atoms. The highest BCUT2D eigenvalue weighted by atomic mass is 16.6. The molecule has 0 unspecified atom stereocenters. The van der Waals surface area contributed by atoms with Crippen molar-refractivity contribution in [3.63, 3.8) is 0 Å². The van der Waals surface area contributed by atoms with Crippen LogP contribution in [0.1, 0.15) is 23.3 Å². The molecule has 1 fully saturated rings. The molecule has 2 N–H and O–H groups in total. The molecular weight excluding hydrogens is 296 g/mol. The highest BCUT2D eigenvalue weighted by Crippen LogP contribution is 2.32. The first-order valence-corrected chi connectivity index (χ1v) is 7.59. The van der Waals surface area contributed by atoms with Crippen LogP contribution < -0.4 is 20.1 Å². The summed E-state index contributed by atoms with van der Waals surface area (Å²) < 4.78 is 10.9. The first-order chi connectivity index (χ1) is 11.3. The van der Waals surface area contributed by atoms with Gasteiger partial charge in [0.25, 0.3) is 5.91 Å². The maximum atomic E-state index is 12.2. The summed E-state index contributed by atoms with van der Waals surface area (Å²) in [6, 6.07) is 9.21. The average molecular weight is 312 g/mol. The standard InChI is InChI=1S/C16H16N4O3/c21-16(12-4-6-15(20-19-12)17-10-1-2-10)18-11-3-5-13-14(9-11)23-8-7-22-13/h3-6,9-10H,1-2,7-8H2,(H,17,20)(H,18,21). The van der Waals surface area contributed by atoms with Crippen LogP contribution in [0.4, 0.5) is 11.5 Å². The summed E-state index contributed by atoms with van der Waals surface area (Å²) in [4.78, 5) is 12.2. The molecule has 0 radical (unpaired) electrons. The lowest BCUT2D eigenvalue weighted by Crippen LogP contribution is -2.17. The van der Waals surface area contributed by atoms with Crippen LogP contribution in [0.3, 0.4) is 0 Å². The molecule has 1 aromatic carbocycles. The lowest BCUT2D eigenvalue weighted by molar-refractivity contribution is 0.102. The van der Waals surface area contributed by atoms with Gasteiger partial charge in [-0.15, -0.1) is 10.2 Å². The summed E-state index contributed by atoms with van der Waals surface area (Å²) in [7, 11) is 0. The SMILES string of the molecule is O=C(Nc1ccc2c(c1)OCCO2)c1ccc(NC2CC2)nn1. The molecule has 2 aliphatic rings. The van der Waals surface area contributed by atoms with Crippen LogP contribution in [0.15, 0.2) is 30.3 Å². The fraction of sp³-hybridized carbons (Fsp3) is 0.312. The van der Waals surface area contributed by atoms with Gasteiger partial charge in [0, 0.05) is 17.8 Å². The number of nitrogens with zero attached hydrogens (tertiary/aromatic N) is 2. The van der Waals surface area contributed by atoms with Crippen LogP contribution in [-0.4, -0.2) is 35.4 Å². The van der Waals surface area contributed by atoms with E-state index in [2.05, 4.69) is 20.8 Å². The Morgan fingerprint density at radius 1 is 1.04 bits per heavy atom. The molecule has 7 nitrogen and oxygen atoms in total. The van der Waals surface area contributed by atoms with Crippen molar-refractivity contribution >= 4 is 17.4 Å². The predicted octanol–water partition coefficient (Wildman–Crippen LogP) is 2.07. The van der Waals surface area contributed by atoms with Gasteiger partial charge in [0.1, 0.15) is 19.0 Å². The third-order valence-electron chi connectivity index (χ3n) is 3.63. The van der Waals surface area contributed by atoms with Gasteiger partial charge >= 0.3 is 0 Å². The van der Waals surface area contributed by atoms with Crippen molar-refractivity contribution in [3.8, 4) is 11.5 Å². The molecule has 2 heterocycles. The van der Waals surface area contributed by atoms with Gasteiger partial charge in [-0.1, -0.05) is 0 Å². The first kappa shape index (κ1) is 13.8. The van der Waals surface area contributed by atoms with E-state index in [4.69, 9.17) is 9.47 Å². The Kier molecular flexibility index (Phi) is 3.45. The van der Waals surface area contributed by atoms with E-state index in [1.807, 2.05) is 0 Å². The van der Waals surface area contributed by atoms with E-state index in [-0.39, 0.29) is 11.6 Å². The Bertz CT molecular complexity index is 729. The number of hydrogen-bond donors (Lipinski definition) is 2. The highest BCUT2D eigenvalue weighted by molar-refractivity contribution is 6.02. The van der Waals surface area contributed by atoms with Crippen molar-refractivity contribution in [2.75, 3.05) is 23.8 Å². The van der Waals surface area contributed by atoms with Crippen molar-refractivity contribution in [1.29, 1.82) is 0 Å². The molecule has 1 aromatic heterocycles. The van der Waals surface area contributed by atoms with Gasteiger partial charge in [0.05, 0.1) is 0 Å². The van der Waals surface area contributed by atoms with E-state index in [0.29, 0.717) is 42.3 Å². The number of anilines is 2. The number of carbonyl (C=O) groups is 1. The van der Waals surface area contributed by atoms with Crippen LogP contribution in [0.25, 0.3) is 0 Å². The zero-order valence-electron chi connectivity index (χ0n) is 12.4. The molecule has 0 saturated heterocycles. The van der Waals surface area contributed by atoms with Crippen LogP contribution in [0.2, 0.25) is 0 Å². The largest absolute Gasteiger partial charge is 0.486 e. The molecular formula is C16H16N4O3. The molecule has 7 heteroatoms. The third-order valence-corrected chi connectivity index (χ3v) is 3.63. The lowest BCUT2D eigenvalue weighted by atomic mass is 10.2. The maximum absolute atomic E-state index is 12.2. The summed E-state index contributed by atoms with van der Waals surface area (Å²) in [5, 5.41) is 14.0. The second-order valence-corrected chi connectivity index (χ2v) is 5.53. The van der Waals surface area contributed by atoms with Gasteiger partial charge in [-0.25, -0.2) is 0 Å². The number of carbonyl (C=O) groups excluding carboxylic acids is 1. The Morgan fingerprint density at radius 3 is 2.61 bits per heavy atom. The van der Waals surface area contributed by atoms with E-state index >= 15 is 0 Å². The van der Waals surface area contributed by atoms with E-state index in [9.17, 15) is 4.79 Å². The van der Waals surface area contributed by atoms with Crippen molar-refractivity contribution < 1.29 is 14.3 Å². The Morgan fingerprint density at radius 2 is 1.87 bits per heavy atom. The molecule has 118 valence electrons. The molecule has 1 saturated carbocycles. The average Bonchev–Trinajstić information content (AvgIpc) is 3.39. The molecule has 1 aliphatic carbocycles. The van der Waals surface area contributed by atoms with E-state index in [1.54, 1.807) is 30.3 Å². The highest BCUT2D eigenvalue weighted by Gasteiger charge is 2.21. The van der Waals surface area contributed by atoms with Crippen molar-refractivity contribution in [2.24, 2.45) is 0 Å². The number of nitrogens with one attached hydrogen (secondary N) is 2. The van der Waals surface area contributed by atoms with Gasteiger partial charge in [-0.3, -0.25) is 4.79 Å². The van der Waals surface area contributed by atoms with Gasteiger partial charge in [-0.2, -0.15) is 0 Å². The number of aromatic nitrogens is 2. The minimum Gasteiger partial charge on any atom is -0.486 e. The van der Waals surface area contributed by atoms with Crippen LogP contribution in [0, 0.1) is 0 Å². The summed E-state index contributed by atoms with van der Waals surface area (Å²) in [5.74, 6) is 1.70. The maximum Gasteiger partial charge on any atom is 0.276 e. The molecule has 0 spiro atoms. The fourth-order valence-electron chi connectivity index (χ4n) is 2.28. The number of fused-ring (bicyclic) bond motifs is 1. The Balaban J connectivity index is 1.44. The molecule has 1 amide bonds. The minimum atomic E-state index is -0.313. The Labute approximate surface area is 133 Å². The topological polar surface area (TPSA) is 85.4 Å². The molecule has 0 atom stereocenters. The van der Waals surface area contributed by atoms with Gasteiger partial charge < -0.3 is 20.1 Å². The summed E-state index contributed by atoms with van der Waals surface area (Å²) >= 11 is 0. The number of benzene rings is 1. The number of rotatable bonds is 4. The van der Waals surface area contributed by atoms with Crippen LogP contribution in [0.5, 0.6) is 11.5 Å². The summed E-state index contributed by atoms with van der Waals surface area (Å²) in [6.07, 6.45) is 2.32. The zero-order chi connectivity index (χ0) is 15.6. The zero-order valence-corrected chi connectivity index (χ0v) is 12.4. The normalized spacial score (nSPS) is 15.8. The van der Waals surface area contributed by atoms with E-state index in [0.717, 1.165) is 12.8 Å². The van der Waals surface area contributed by atoms with Gasteiger partial charge in [0.2, 0.25) is 0 Å². The lowest BCUT2D eigenvalue weighted by Gasteiger charge is -2.18. The molecule has 2 aromatic rings. The molecule has 23 heavy (non-hydrogen) atoms. The smallest absolute Gasteiger partial charge is 0.276 e. The number of hydrogen-bond acceptors (Lipinski definition) is 6. The fourth-order valence-corrected chi connectivity index (χ4v) is 2.28. The Hall–Kier alpha value is -2.83. The molecule has 1 aliphatic heterocycles. The summed E-state index contributed by atoms with van der Waals surface area (Å²) in [5.41, 5.74) is 0.891. The van der Waals surface area contributed by atoms with E-state index < -0.39 is 0 Å². The summed E-state index contributed by atoms with van der Waals surface area (Å²) in [6.45, 7) is 1.04. The first-order valence-electron chi connectivity index (χ1n) is 7.59. The molecule has 4 rings (SSSR count). The third kappa shape index (κ3) is 3.18. The van der Waals surface area contributed by atoms with Crippen molar-refractivity contribution in [1.82, 2.24) is 10.2 Å². The predicted molar refractivity (Wildman–Crippen MR) is 84.1 cm³/mol. The second-order valence-electron chi connectivity index (χ2n) is 5.53. The van der Waals surface area contributed by atoms with Crippen molar-refractivity contribution in [2.45, 2.75) is 18.9 Å². The number of amides is 1. The van der Waals surface area contributed by atoms with Gasteiger partial charge in [-0.05, 0) is 37.1 Å².